The van der Waals surface area contributed by atoms with E-state index in [1.54, 1.807) is 19.2 Å². The summed E-state index contributed by atoms with van der Waals surface area (Å²) in [6, 6.07) is 13.9. The van der Waals surface area contributed by atoms with Crippen LogP contribution >= 0.6 is 0 Å². The quantitative estimate of drug-likeness (QED) is 0.627. The van der Waals surface area contributed by atoms with Crippen LogP contribution in [0.2, 0.25) is 0 Å². The van der Waals surface area contributed by atoms with Gasteiger partial charge in [0.25, 0.3) is 5.91 Å². The van der Waals surface area contributed by atoms with Crippen LogP contribution in [-0.4, -0.2) is 57.8 Å². The molecule has 6 nitrogen and oxygen atoms in total. The maximum absolute atomic E-state index is 12.9. The molecule has 0 saturated carbocycles. The van der Waals surface area contributed by atoms with Crippen molar-refractivity contribution in [1.82, 2.24) is 10.2 Å². The molecule has 0 radical (unpaired) electrons. The largest absolute Gasteiger partial charge is 0.493 e. The lowest BCUT2D eigenvalue weighted by Gasteiger charge is -2.30. The SMILES string of the molecule is CCN(CC)C(CNC(=O)c1cc(OC)c(OC)c(OC)c1)Cc1ccccc1. The maximum Gasteiger partial charge on any atom is 0.251 e. The number of likely N-dealkylation sites (N-methyl/N-ethyl adjacent to an activating group) is 1. The normalized spacial score (nSPS) is 11.8. The minimum atomic E-state index is -0.172. The van der Waals surface area contributed by atoms with Crippen LogP contribution in [0.4, 0.5) is 0 Å². The summed E-state index contributed by atoms with van der Waals surface area (Å²) in [7, 11) is 4.61. The third-order valence-corrected chi connectivity index (χ3v) is 5.07. The van der Waals surface area contributed by atoms with Gasteiger partial charge in [0, 0.05) is 18.2 Å². The number of amides is 1. The number of carbonyl (C=O) groups is 1. The Morgan fingerprint density at radius 3 is 2.03 bits per heavy atom. The number of hydrogen-bond donors (Lipinski definition) is 1. The van der Waals surface area contributed by atoms with Gasteiger partial charge in [-0.3, -0.25) is 9.69 Å². The van der Waals surface area contributed by atoms with Crippen LogP contribution in [-0.2, 0) is 6.42 Å². The van der Waals surface area contributed by atoms with Crippen molar-refractivity contribution in [2.24, 2.45) is 0 Å². The number of carbonyl (C=O) groups excluding carboxylic acids is 1. The van der Waals surface area contributed by atoms with Gasteiger partial charge in [0.2, 0.25) is 5.75 Å². The maximum atomic E-state index is 12.9. The van der Waals surface area contributed by atoms with Gasteiger partial charge in [-0.15, -0.1) is 0 Å². The van der Waals surface area contributed by atoms with E-state index in [-0.39, 0.29) is 11.9 Å². The molecule has 1 N–H and O–H groups in total. The van der Waals surface area contributed by atoms with Crippen molar-refractivity contribution in [3.8, 4) is 17.2 Å². The standard InChI is InChI=1S/C23H32N2O4/c1-6-25(7-2)19(13-17-11-9-8-10-12-17)16-24-23(26)18-14-20(27-3)22(29-5)21(15-18)28-4/h8-12,14-15,19H,6-7,13,16H2,1-5H3,(H,24,26). The summed E-state index contributed by atoms with van der Waals surface area (Å²) in [5.74, 6) is 1.22. The summed E-state index contributed by atoms with van der Waals surface area (Å²) in [4.78, 5) is 15.2. The fourth-order valence-corrected chi connectivity index (χ4v) is 3.48. The smallest absolute Gasteiger partial charge is 0.251 e. The van der Waals surface area contributed by atoms with E-state index in [4.69, 9.17) is 14.2 Å². The zero-order valence-corrected chi connectivity index (χ0v) is 18.0. The highest BCUT2D eigenvalue weighted by atomic mass is 16.5. The number of methoxy groups -OCH3 is 3. The first kappa shape index (κ1) is 22.6. The van der Waals surface area contributed by atoms with E-state index < -0.39 is 0 Å². The molecule has 0 aliphatic rings. The Hall–Kier alpha value is -2.73. The number of nitrogens with zero attached hydrogens (tertiary/aromatic N) is 1. The molecule has 2 rings (SSSR count). The molecule has 0 fully saturated rings. The second-order valence-electron chi connectivity index (χ2n) is 6.69. The Labute approximate surface area is 173 Å². The van der Waals surface area contributed by atoms with Crippen molar-refractivity contribution in [3.05, 3.63) is 53.6 Å². The Balaban J connectivity index is 2.16. The van der Waals surface area contributed by atoms with Gasteiger partial charge in [-0.05, 0) is 37.2 Å². The zero-order valence-electron chi connectivity index (χ0n) is 18.0. The van der Waals surface area contributed by atoms with Gasteiger partial charge in [-0.25, -0.2) is 0 Å². The lowest BCUT2D eigenvalue weighted by molar-refractivity contribution is 0.0934. The minimum Gasteiger partial charge on any atom is -0.493 e. The summed E-state index contributed by atoms with van der Waals surface area (Å²) in [6.45, 7) is 6.68. The molecule has 6 heteroatoms. The molecular weight excluding hydrogens is 368 g/mol. The van der Waals surface area contributed by atoms with Crippen molar-refractivity contribution in [2.75, 3.05) is 41.0 Å². The molecule has 2 aromatic carbocycles. The van der Waals surface area contributed by atoms with Crippen molar-refractivity contribution >= 4 is 5.91 Å². The molecule has 0 heterocycles. The predicted molar refractivity (Wildman–Crippen MR) is 115 cm³/mol. The van der Waals surface area contributed by atoms with Gasteiger partial charge in [0.15, 0.2) is 11.5 Å². The fraction of sp³-hybridized carbons (Fsp3) is 0.435. The molecule has 1 atom stereocenters. The number of nitrogens with one attached hydrogen (secondary N) is 1. The van der Waals surface area contributed by atoms with Crippen molar-refractivity contribution in [1.29, 1.82) is 0 Å². The highest BCUT2D eigenvalue weighted by molar-refractivity contribution is 5.95. The average molecular weight is 401 g/mol. The average Bonchev–Trinajstić information content (AvgIpc) is 2.77. The monoisotopic (exact) mass is 400 g/mol. The fourth-order valence-electron chi connectivity index (χ4n) is 3.48. The molecule has 0 bridgehead atoms. The van der Waals surface area contributed by atoms with Crippen molar-refractivity contribution in [3.63, 3.8) is 0 Å². The molecule has 1 unspecified atom stereocenters. The Kier molecular flexibility index (Phi) is 8.80. The van der Waals surface area contributed by atoms with E-state index in [0.29, 0.717) is 29.4 Å². The molecule has 0 aliphatic carbocycles. The second kappa shape index (κ2) is 11.3. The van der Waals surface area contributed by atoms with E-state index in [2.05, 4.69) is 36.2 Å². The molecule has 29 heavy (non-hydrogen) atoms. The summed E-state index contributed by atoms with van der Waals surface area (Å²) < 4.78 is 16.0. The third-order valence-electron chi connectivity index (χ3n) is 5.07. The second-order valence-corrected chi connectivity index (χ2v) is 6.69. The van der Waals surface area contributed by atoms with Gasteiger partial charge < -0.3 is 19.5 Å². The van der Waals surface area contributed by atoms with Crippen LogP contribution < -0.4 is 19.5 Å². The first-order valence-corrected chi connectivity index (χ1v) is 9.94. The first-order chi connectivity index (χ1) is 14.1. The van der Waals surface area contributed by atoms with Gasteiger partial charge in [0.1, 0.15) is 0 Å². The highest BCUT2D eigenvalue weighted by Gasteiger charge is 2.20. The van der Waals surface area contributed by atoms with Crippen molar-refractivity contribution < 1.29 is 19.0 Å². The summed E-state index contributed by atoms with van der Waals surface area (Å²) in [5, 5.41) is 3.08. The highest BCUT2D eigenvalue weighted by Crippen LogP contribution is 2.38. The van der Waals surface area contributed by atoms with Crippen LogP contribution in [0.1, 0.15) is 29.8 Å². The molecular formula is C23H32N2O4. The Morgan fingerprint density at radius 2 is 1.55 bits per heavy atom. The summed E-state index contributed by atoms with van der Waals surface area (Å²) in [5.41, 5.74) is 1.73. The Bertz CT molecular complexity index is 751. The van der Waals surface area contributed by atoms with Gasteiger partial charge in [-0.2, -0.15) is 0 Å². The van der Waals surface area contributed by atoms with Crippen molar-refractivity contribution in [2.45, 2.75) is 26.3 Å². The molecule has 0 saturated heterocycles. The molecule has 2 aromatic rings. The number of benzene rings is 2. The third kappa shape index (κ3) is 5.87. The van der Waals surface area contributed by atoms with E-state index >= 15 is 0 Å². The van der Waals surface area contributed by atoms with Crippen LogP contribution in [0.5, 0.6) is 17.2 Å². The molecule has 0 aromatic heterocycles. The van der Waals surface area contributed by atoms with Gasteiger partial charge >= 0.3 is 0 Å². The number of ether oxygens (including phenoxy) is 3. The summed E-state index contributed by atoms with van der Waals surface area (Å²) >= 11 is 0. The molecule has 1 amide bonds. The molecule has 0 spiro atoms. The van der Waals surface area contributed by atoms with E-state index in [1.807, 2.05) is 18.2 Å². The minimum absolute atomic E-state index is 0.172. The van der Waals surface area contributed by atoms with E-state index in [1.165, 1.54) is 19.8 Å². The topological polar surface area (TPSA) is 60.0 Å². The van der Waals surface area contributed by atoms with Crippen LogP contribution in [0.15, 0.2) is 42.5 Å². The molecule has 158 valence electrons. The zero-order chi connectivity index (χ0) is 21.2. The first-order valence-electron chi connectivity index (χ1n) is 9.94. The number of rotatable bonds is 11. The van der Waals surface area contributed by atoms with Crippen LogP contribution in [0, 0.1) is 0 Å². The lowest BCUT2D eigenvalue weighted by Crippen LogP contribution is -2.45. The molecule has 0 aliphatic heterocycles. The van der Waals surface area contributed by atoms with E-state index in [0.717, 1.165) is 19.5 Å². The van der Waals surface area contributed by atoms with Crippen LogP contribution in [0.3, 0.4) is 0 Å². The number of hydrogen-bond acceptors (Lipinski definition) is 5. The lowest BCUT2D eigenvalue weighted by atomic mass is 10.0. The van der Waals surface area contributed by atoms with Gasteiger partial charge in [-0.1, -0.05) is 44.2 Å². The Morgan fingerprint density at radius 1 is 0.966 bits per heavy atom. The summed E-state index contributed by atoms with van der Waals surface area (Å²) in [6.07, 6.45) is 0.873. The van der Waals surface area contributed by atoms with Crippen LogP contribution in [0.25, 0.3) is 0 Å². The predicted octanol–water partition coefficient (Wildman–Crippen LogP) is 3.40. The van der Waals surface area contributed by atoms with E-state index in [9.17, 15) is 4.79 Å². The van der Waals surface area contributed by atoms with Gasteiger partial charge in [0.05, 0.1) is 21.3 Å².